The molecular formula is C16H21BrN4. The number of para-hydroxylation sites is 1. The fourth-order valence-corrected chi connectivity index (χ4v) is 2.51. The zero-order valence-corrected chi connectivity index (χ0v) is 14.2. The average molecular weight is 349 g/mol. The maximum Gasteiger partial charge on any atom is 0.150 e. The molecule has 0 aliphatic heterocycles. The van der Waals surface area contributed by atoms with Crippen molar-refractivity contribution < 1.29 is 0 Å². The van der Waals surface area contributed by atoms with Gasteiger partial charge < -0.3 is 10.6 Å². The summed E-state index contributed by atoms with van der Waals surface area (Å²) in [5.74, 6) is 2.04. The molecule has 0 aliphatic rings. The third-order valence-electron chi connectivity index (χ3n) is 3.17. The minimum atomic E-state index is 0.451. The van der Waals surface area contributed by atoms with Crippen molar-refractivity contribution in [3.05, 3.63) is 40.6 Å². The molecule has 0 saturated carbocycles. The molecule has 0 atom stereocenters. The van der Waals surface area contributed by atoms with Crippen molar-refractivity contribution >= 4 is 33.3 Å². The number of halogens is 1. The van der Waals surface area contributed by atoms with Gasteiger partial charge in [-0.2, -0.15) is 0 Å². The lowest BCUT2D eigenvalue weighted by Crippen LogP contribution is -2.06. The SMILES string of the molecule is CCCNc1ncnc(Nc2ccccc2C(C)C)c1Br. The minimum absolute atomic E-state index is 0.451. The van der Waals surface area contributed by atoms with E-state index in [1.165, 1.54) is 5.56 Å². The van der Waals surface area contributed by atoms with Crippen LogP contribution in [0.4, 0.5) is 17.3 Å². The quantitative estimate of drug-likeness (QED) is 0.777. The first-order valence-electron chi connectivity index (χ1n) is 7.23. The molecule has 0 saturated heterocycles. The van der Waals surface area contributed by atoms with Crippen LogP contribution in [-0.2, 0) is 0 Å². The lowest BCUT2D eigenvalue weighted by Gasteiger charge is -2.16. The summed E-state index contributed by atoms with van der Waals surface area (Å²) in [6.07, 6.45) is 2.62. The summed E-state index contributed by atoms with van der Waals surface area (Å²) in [7, 11) is 0. The van der Waals surface area contributed by atoms with E-state index in [0.29, 0.717) is 5.92 Å². The number of aromatic nitrogens is 2. The van der Waals surface area contributed by atoms with Gasteiger partial charge in [-0.05, 0) is 39.9 Å². The Balaban J connectivity index is 2.28. The first-order chi connectivity index (χ1) is 10.1. The van der Waals surface area contributed by atoms with Crippen molar-refractivity contribution in [1.29, 1.82) is 0 Å². The van der Waals surface area contributed by atoms with Gasteiger partial charge in [-0.3, -0.25) is 0 Å². The predicted octanol–water partition coefficient (Wildman–Crippen LogP) is 4.93. The summed E-state index contributed by atoms with van der Waals surface area (Å²) in [4.78, 5) is 8.60. The van der Waals surface area contributed by atoms with Gasteiger partial charge in [0.05, 0.1) is 0 Å². The number of hydrogen-bond acceptors (Lipinski definition) is 4. The minimum Gasteiger partial charge on any atom is -0.369 e. The summed E-state index contributed by atoms with van der Waals surface area (Å²) in [5, 5.41) is 6.69. The van der Waals surface area contributed by atoms with Crippen molar-refractivity contribution in [2.45, 2.75) is 33.1 Å². The van der Waals surface area contributed by atoms with Gasteiger partial charge in [-0.25, -0.2) is 9.97 Å². The molecule has 5 heteroatoms. The second kappa shape index (κ2) is 7.41. The van der Waals surface area contributed by atoms with Crippen LogP contribution in [0.5, 0.6) is 0 Å². The van der Waals surface area contributed by atoms with E-state index in [-0.39, 0.29) is 0 Å². The Morgan fingerprint density at radius 1 is 1.14 bits per heavy atom. The highest BCUT2D eigenvalue weighted by Crippen LogP contribution is 2.32. The Kier molecular flexibility index (Phi) is 5.56. The Hall–Kier alpha value is -1.62. The van der Waals surface area contributed by atoms with Gasteiger partial charge in [0, 0.05) is 12.2 Å². The molecule has 0 amide bonds. The molecular weight excluding hydrogens is 328 g/mol. The van der Waals surface area contributed by atoms with Crippen LogP contribution in [0.15, 0.2) is 35.1 Å². The summed E-state index contributed by atoms with van der Waals surface area (Å²) in [6, 6.07) is 8.30. The van der Waals surface area contributed by atoms with E-state index >= 15 is 0 Å². The Morgan fingerprint density at radius 2 is 1.86 bits per heavy atom. The molecule has 0 bridgehead atoms. The van der Waals surface area contributed by atoms with Crippen LogP contribution in [0.2, 0.25) is 0 Å². The zero-order valence-electron chi connectivity index (χ0n) is 12.7. The van der Waals surface area contributed by atoms with Crippen LogP contribution >= 0.6 is 15.9 Å². The second-order valence-electron chi connectivity index (χ2n) is 5.18. The van der Waals surface area contributed by atoms with Crippen LogP contribution < -0.4 is 10.6 Å². The van der Waals surface area contributed by atoms with Crippen LogP contribution in [0.1, 0.15) is 38.7 Å². The number of nitrogens with one attached hydrogen (secondary N) is 2. The third-order valence-corrected chi connectivity index (χ3v) is 3.92. The first-order valence-corrected chi connectivity index (χ1v) is 8.03. The number of benzene rings is 1. The standard InChI is InChI=1S/C16H21BrN4/c1-4-9-18-15-14(17)16(20-10-19-15)21-13-8-6-5-7-12(13)11(2)3/h5-8,10-11H,4,9H2,1-3H3,(H2,18,19,20,21). The summed E-state index contributed by atoms with van der Waals surface area (Å²) in [6.45, 7) is 7.38. The molecule has 112 valence electrons. The van der Waals surface area contributed by atoms with E-state index in [1.54, 1.807) is 6.33 Å². The molecule has 2 N–H and O–H groups in total. The van der Waals surface area contributed by atoms with Crippen LogP contribution in [0, 0.1) is 0 Å². The fourth-order valence-electron chi connectivity index (χ4n) is 2.07. The number of rotatable bonds is 6. The Bertz CT molecular complexity index is 599. The normalized spacial score (nSPS) is 10.7. The molecule has 4 nitrogen and oxygen atoms in total. The van der Waals surface area contributed by atoms with Crippen molar-refractivity contribution in [3.8, 4) is 0 Å². The molecule has 1 aromatic heterocycles. The maximum atomic E-state index is 4.33. The molecule has 1 aromatic carbocycles. The van der Waals surface area contributed by atoms with E-state index in [2.05, 4.69) is 75.5 Å². The second-order valence-corrected chi connectivity index (χ2v) is 5.97. The molecule has 2 aromatic rings. The van der Waals surface area contributed by atoms with Gasteiger partial charge in [0.15, 0.2) is 0 Å². The predicted molar refractivity (Wildman–Crippen MR) is 92.3 cm³/mol. The number of hydrogen-bond donors (Lipinski definition) is 2. The number of nitrogens with zero attached hydrogens (tertiary/aromatic N) is 2. The third kappa shape index (κ3) is 3.94. The summed E-state index contributed by atoms with van der Waals surface area (Å²) < 4.78 is 0.858. The molecule has 0 spiro atoms. The van der Waals surface area contributed by atoms with Crippen LogP contribution in [0.25, 0.3) is 0 Å². The summed E-state index contributed by atoms with van der Waals surface area (Å²) in [5.41, 5.74) is 2.35. The molecule has 1 heterocycles. The van der Waals surface area contributed by atoms with Crippen molar-refractivity contribution in [1.82, 2.24) is 9.97 Å². The molecule has 2 rings (SSSR count). The van der Waals surface area contributed by atoms with Crippen molar-refractivity contribution in [3.63, 3.8) is 0 Å². The van der Waals surface area contributed by atoms with Gasteiger partial charge in [0.25, 0.3) is 0 Å². The smallest absolute Gasteiger partial charge is 0.150 e. The van der Waals surface area contributed by atoms with Crippen molar-refractivity contribution in [2.75, 3.05) is 17.2 Å². The highest BCUT2D eigenvalue weighted by molar-refractivity contribution is 9.10. The fraction of sp³-hybridized carbons (Fsp3) is 0.375. The van der Waals surface area contributed by atoms with Crippen molar-refractivity contribution in [2.24, 2.45) is 0 Å². The lowest BCUT2D eigenvalue weighted by molar-refractivity contribution is 0.868. The van der Waals surface area contributed by atoms with Crippen LogP contribution in [0.3, 0.4) is 0 Å². The largest absolute Gasteiger partial charge is 0.369 e. The summed E-state index contributed by atoms with van der Waals surface area (Å²) >= 11 is 3.58. The molecule has 0 fully saturated rings. The Labute approximate surface area is 134 Å². The number of anilines is 3. The van der Waals surface area contributed by atoms with Gasteiger partial charge in [0.2, 0.25) is 0 Å². The molecule has 0 unspecified atom stereocenters. The highest BCUT2D eigenvalue weighted by Gasteiger charge is 2.11. The van der Waals surface area contributed by atoms with E-state index < -0.39 is 0 Å². The average Bonchev–Trinajstić information content (AvgIpc) is 2.48. The van der Waals surface area contributed by atoms with E-state index in [9.17, 15) is 0 Å². The first kappa shape index (κ1) is 15.8. The van der Waals surface area contributed by atoms with Gasteiger partial charge in [-0.15, -0.1) is 0 Å². The molecule has 0 radical (unpaired) electrons. The zero-order chi connectivity index (χ0) is 15.2. The molecule has 21 heavy (non-hydrogen) atoms. The van der Waals surface area contributed by atoms with E-state index in [4.69, 9.17) is 0 Å². The van der Waals surface area contributed by atoms with Gasteiger partial charge >= 0.3 is 0 Å². The Morgan fingerprint density at radius 3 is 2.57 bits per heavy atom. The topological polar surface area (TPSA) is 49.8 Å². The van der Waals surface area contributed by atoms with E-state index in [0.717, 1.165) is 34.8 Å². The monoisotopic (exact) mass is 348 g/mol. The molecule has 0 aliphatic carbocycles. The lowest BCUT2D eigenvalue weighted by atomic mass is 10.0. The van der Waals surface area contributed by atoms with Crippen LogP contribution in [-0.4, -0.2) is 16.5 Å². The van der Waals surface area contributed by atoms with Gasteiger partial charge in [0.1, 0.15) is 22.4 Å². The maximum absolute atomic E-state index is 4.33. The van der Waals surface area contributed by atoms with Gasteiger partial charge in [-0.1, -0.05) is 39.0 Å². The highest BCUT2D eigenvalue weighted by atomic mass is 79.9. The van der Waals surface area contributed by atoms with E-state index in [1.807, 2.05) is 6.07 Å².